The fourth-order valence-corrected chi connectivity index (χ4v) is 2.41. The zero-order chi connectivity index (χ0) is 9.10. The molecule has 0 unspecified atom stereocenters. The molecule has 2 rings (SSSR count). The van der Waals surface area contributed by atoms with Crippen molar-refractivity contribution in [3.63, 3.8) is 0 Å². The minimum absolute atomic E-state index is 1.12. The van der Waals surface area contributed by atoms with Gasteiger partial charge >= 0.3 is 0 Å². The van der Waals surface area contributed by atoms with Crippen LogP contribution in [0.5, 0.6) is 0 Å². The van der Waals surface area contributed by atoms with Crippen molar-refractivity contribution in [3.05, 3.63) is 29.3 Å². The average molecular weight is 193 g/mol. The SMILES string of the molecule is CSCc1cccc2c1NCCC2. The van der Waals surface area contributed by atoms with Gasteiger partial charge in [0.1, 0.15) is 0 Å². The maximum atomic E-state index is 3.50. The predicted molar refractivity (Wildman–Crippen MR) is 60.5 cm³/mol. The number of rotatable bonds is 2. The van der Waals surface area contributed by atoms with Gasteiger partial charge in [-0.2, -0.15) is 11.8 Å². The molecule has 0 bridgehead atoms. The van der Waals surface area contributed by atoms with Crippen molar-refractivity contribution >= 4 is 17.4 Å². The number of benzene rings is 1. The Hall–Kier alpha value is -0.630. The summed E-state index contributed by atoms with van der Waals surface area (Å²) < 4.78 is 0. The van der Waals surface area contributed by atoms with Gasteiger partial charge < -0.3 is 5.32 Å². The Morgan fingerprint density at radius 2 is 2.38 bits per heavy atom. The highest BCUT2D eigenvalue weighted by molar-refractivity contribution is 7.97. The first-order chi connectivity index (χ1) is 6.42. The van der Waals surface area contributed by atoms with Crippen molar-refractivity contribution in [1.29, 1.82) is 0 Å². The van der Waals surface area contributed by atoms with Crippen LogP contribution in [0.3, 0.4) is 0 Å². The Bertz CT molecular complexity index is 296. The zero-order valence-corrected chi connectivity index (χ0v) is 8.79. The first kappa shape index (κ1) is 8.95. The van der Waals surface area contributed by atoms with E-state index in [9.17, 15) is 0 Å². The van der Waals surface area contributed by atoms with Crippen LogP contribution in [0.1, 0.15) is 17.5 Å². The van der Waals surface area contributed by atoms with E-state index in [0.717, 1.165) is 12.3 Å². The summed E-state index contributed by atoms with van der Waals surface area (Å²) in [5.41, 5.74) is 4.37. The Morgan fingerprint density at radius 3 is 3.23 bits per heavy atom. The third-order valence-corrected chi connectivity index (χ3v) is 3.06. The summed E-state index contributed by atoms with van der Waals surface area (Å²) in [5.74, 6) is 1.12. The van der Waals surface area contributed by atoms with Crippen LogP contribution in [0, 0.1) is 0 Å². The number of aryl methyl sites for hydroxylation is 1. The molecular formula is C11H15NS. The topological polar surface area (TPSA) is 12.0 Å². The normalized spacial score (nSPS) is 14.8. The molecule has 70 valence electrons. The smallest absolute Gasteiger partial charge is 0.0413 e. The molecule has 1 nitrogen and oxygen atoms in total. The van der Waals surface area contributed by atoms with E-state index in [4.69, 9.17) is 0 Å². The number of anilines is 1. The maximum Gasteiger partial charge on any atom is 0.0413 e. The highest BCUT2D eigenvalue weighted by atomic mass is 32.2. The second-order valence-corrected chi connectivity index (χ2v) is 4.28. The van der Waals surface area contributed by atoms with Crippen LogP contribution < -0.4 is 5.32 Å². The van der Waals surface area contributed by atoms with Gasteiger partial charge in [0, 0.05) is 18.0 Å². The second-order valence-electron chi connectivity index (χ2n) is 3.41. The molecule has 0 radical (unpaired) electrons. The number of para-hydroxylation sites is 1. The van der Waals surface area contributed by atoms with Gasteiger partial charge in [0.25, 0.3) is 0 Å². The van der Waals surface area contributed by atoms with Crippen LogP contribution in [0.2, 0.25) is 0 Å². The van der Waals surface area contributed by atoms with E-state index in [0.29, 0.717) is 0 Å². The minimum atomic E-state index is 1.12. The maximum absolute atomic E-state index is 3.50. The zero-order valence-electron chi connectivity index (χ0n) is 7.97. The molecule has 0 spiro atoms. The van der Waals surface area contributed by atoms with Gasteiger partial charge in [-0.15, -0.1) is 0 Å². The van der Waals surface area contributed by atoms with Gasteiger partial charge in [0.15, 0.2) is 0 Å². The second kappa shape index (κ2) is 4.05. The number of hydrogen-bond acceptors (Lipinski definition) is 2. The molecule has 1 aromatic carbocycles. The summed E-state index contributed by atoms with van der Waals surface area (Å²) in [6.45, 7) is 1.14. The highest BCUT2D eigenvalue weighted by Crippen LogP contribution is 2.27. The molecule has 2 heteroatoms. The summed E-state index contributed by atoms with van der Waals surface area (Å²) in [7, 11) is 0. The molecule has 1 heterocycles. The van der Waals surface area contributed by atoms with Crippen molar-refractivity contribution in [2.75, 3.05) is 18.1 Å². The van der Waals surface area contributed by atoms with Crippen molar-refractivity contribution in [3.8, 4) is 0 Å². The van der Waals surface area contributed by atoms with E-state index >= 15 is 0 Å². The molecule has 1 aliphatic rings. The Morgan fingerprint density at radius 1 is 1.46 bits per heavy atom. The molecule has 0 amide bonds. The third-order valence-electron chi connectivity index (χ3n) is 2.46. The van der Waals surface area contributed by atoms with Crippen LogP contribution in [0.4, 0.5) is 5.69 Å². The lowest BCUT2D eigenvalue weighted by Gasteiger charge is -2.20. The lowest BCUT2D eigenvalue weighted by atomic mass is 10.0. The lowest BCUT2D eigenvalue weighted by molar-refractivity contribution is 0.827. The summed E-state index contributed by atoms with van der Waals surface area (Å²) in [5, 5.41) is 3.50. The van der Waals surface area contributed by atoms with E-state index in [1.165, 1.54) is 29.7 Å². The van der Waals surface area contributed by atoms with Crippen LogP contribution in [-0.2, 0) is 12.2 Å². The van der Waals surface area contributed by atoms with E-state index in [-0.39, 0.29) is 0 Å². The van der Waals surface area contributed by atoms with Crippen molar-refractivity contribution in [2.24, 2.45) is 0 Å². The first-order valence-electron chi connectivity index (χ1n) is 4.75. The van der Waals surface area contributed by atoms with Gasteiger partial charge in [-0.25, -0.2) is 0 Å². The number of fused-ring (bicyclic) bond motifs is 1. The molecule has 0 saturated heterocycles. The fourth-order valence-electron chi connectivity index (χ4n) is 1.86. The molecular weight excluding hydrogens is 178 g/mol. The summed E-state index contributed by atoms with van der Waals surface area (Å²) in [4.78, 5) is 0. The number of nitrogens with one attached hydrogen (secondary N) is 1. The van der Waals surface area contributed by atoms with E-state index in [1.807, 2.05) is 11.8 Å². The predicted octanol–water partition coefficient (Wildman–Crippen LogP) is 2.91. The van der Waals surface area contributed by atoms with Crippen molar-refractivity contribution < 1.29 is 0 Å². The molecule has 1 N–H and O–H groups in total. The first-order valence-corrected chi connectivity index (χ1v) is 6.15. The minimum Gasteiger partial charge on any atom is -0.385 e. The molecule has 0 saturated carbocycles. The fraction of sp³-hybridized carbons (Fsp3) is 0.455. The summed E-state index contributed by atoms with van der Waals surface area (Å²) in [6.07, 6.45) is 4.67. The van der Waals surface area contributed by atoms with E-state index in [1.54, 1.807) is 0 Å². The third kappa shape index (κ3) is 1.83. The lowest BCUT2D eigenvalue weighted by Crippen LogP contribution is -2.13. The van der Waals surface area contributed by atoms with Crippen LogP contribution in [-0.4, -0.2) is 12.8 Å². The Balaban J connectivity index is 2.34. The Labute approximate surface area is 83.9 Å². The molecule has 0 aliphatic carbocycles. The van der Waals surface area contributed by atoms with E-state index < -0.39 is 0 Å². The van der Waals surface area contributed by atoms with Gasteiger partial charge in [-0.05, 0) is 30.2 Å². The number of thioether (sulfide) groups is 1. The largest absolute Gasteiger partial charge is 0.385 e. The molecule has 1 aliphatic heterocycles. The van der Waals surface area contributed by atoms with Crippen LogP contribution >= 0.6 is 11.8 Å². The molecule has 0 fully saturated rings. The van der Waals surface area contributed by atoms with Gasteiger partial charge in [0.2, 0.25) is 0 Å². The van der Waals surface area contributed by atoms with Gasteiger partial charge in [-0.3, -0.25) is 0 Å². The summed E-state index contributed by atoms with van der Waals surface area (Å²) >= 11 is 1.89. The monoisotopic (exact) mass is 193 g/mol. The quantitative estimate of drug-likeness (QED) is 0.775. The van der Waals surface area contributed by atoms with Crippen molar-refractivity contribution in [1.82, 2.24) is 0 Å². The molecule has 0 aromatic heterocycles. The Kier molecular flexibility index (Phi) is 2.79. The number of hydrogen-bond donors (Lipinski definition) is 1. The molecule has 0 atom stereocenters. The van der Waals surface area contributed by atoms with Gasteiger partial charge in [0.05, 0.1) is 0 Å². The average Bonchev–Trinajstić information content (AvgIpc) is 2.19. The standard InChI is InChI=1S/C11H15NS/c1-13-8-10-5-2-4-9-6-3-7-12-11(9)10/h2,4-5,12H,3,6-8H2,1H3. The van der Waals surface area contributed by atoms with Crippen molar-refractivity contribution in [2.45, 2.75) is 18.6 Å². The van der Waals surface area contributed by atoms with Crippen LogP contribution in [0.15, 0.2) is 18.2 Å². The van der Waals surface area contributed by atoms with Gasteiger partial charge in [-0.1, -0.05) is 18.2 Å². The summed E-state index contributed by atoms with van der Waals surface area (Å²) in [6, 6.07) is 6.65. The molecule has 1 aromatic rings. The van der Waals surface area contributed by atoms with Crippen LogP contribution in [0.25, 0.3) is 0 Å². The van der Waals surface area contributed by atoms with E-state index in [2.05, 4.69) is 29.8 Å². The highest BCUT2D eigenvalue weighted by Gasteiger charge is 2.10. The molecule has 13 heavy (non-hydrogen) atoms.